The summed E-state index contributed by atoms with van der Waals surface area (Å²) in [5, 5.41) is 3.20. The summed E-state index contributed by atoms with van der Waals surface area (Å²) in [4.78, 5) is 13.1. The molecule has 1 N–H and O–H groups in total. The molecule has 3 aromatic rings. The van der Waals surface area contributed by atoms with Gasteiger partial charge in [0.05, 0.1) is 17.1 Å². The van der Waals surface area contributed by atoms with Crippen LogP contribution in [0.15, 0.2) is 67.1 Å². The first kappa shape index (κ1) is 13.5. The largest absolute Gasteiger partial charge is 0.424 e. The monoisotopic (exact) mass is 302 g/mol. The molecule has 4 rings (SSSR count). The number of para-hydroxylation sites is 1. The molecule has 112 valence electrons. The first-order chi connectivity index (χ1) is 11.3. The average Bonchev–Trinajstić information content (AvgIpc) is 2.95. The van der Waals surface area contributed by atoms with Gasteiger partial charge in [-0.3, -0.25) is 4.98 Å². The molecule has 23 heavy (non-hydrogen) atoms. The van der Waals surface area contributed by atoms with E-state index < -0.39 is 0 Å². The van der Waals surface area contributed by atoms with E-state index in [9.17, 15) is 0 Å². The van der Waals surface area contributed by atoms with E-state index in [1.165, 1.54) is 0 Å². The van der Waals surface area contributed by atoms with Crippen molar-refractivity contribution in [2.75, 3.05) is 5.32 Å². The van der Waals surface area contributed by atoms with Gasteiger partial charge < -0.3 is 10.1 Å². The number of nitrogens with zero attached hydrogens (tertiary/aromatic N) is 3. The van der Waals surface area contributed by atoms with Crippen molar-refractivity contribution < 1.29 is 4.74 Å². The minimum atomic E-state index is 0.316. The van der Waals surface area contributed by atoms with Crippen LogP contribution in [0.3, 0.4) is 0 Å². The van der Waals surface area contributed by atoms with Crippen LogP contribution in [0.4, 0.5) is 5.69 Å². The smallest absolute Gasteiger partial charge is 0.321 e. The predicted octanol–water partition coefficient (Wildman–Crippen LogP) is 3.81. The number of aromatic nitrogens is 3. The fraction of sp³-hybridized carbons (Fsp3) is 0.0556. The number of pyridine rings is 1. The fourth-order valence-electron chi connectivity index (χ4n) is 2.44. The molecule has 5 nitrogen and oxygen atoms in total. The van der Waals surface area contributed by atoms with Gasteiger partial charge in [-0.15, -0.1) is 0 Å². The second-order valence-corrected chi connectivity index (χ2v) is 5.27. The molecule has 0 saturated heterocycles. The van der Waals surface area contributed by atoms with Crippen LogP contribution in [0.5, 0.6) is 11.8 Å². The van der Waals surface area contributed by atoms with Gasteiger partial charge in [0.25, 0.3) is 0 Å². The molecule has 1 aliphatic rings. The van der Waals surface area contributed by atoms with Crippen molar-refractivity contribution in [2.24, 2.45) is 0 Å². The van der Waals surface area contributed by atoms with Crippen LogP contribution in [0, 0.1) is 0 Å². The Morgan fingerprint density at radius 3 is 2.57 bits per heavy atom. The predicted molar refractivity (Wildman–Crippen MR) is 88.2 cm³/mol. The molecule has 0 bridgehead atoms. The van der Waals surface area contributed by atoms with Gasteiger partial charge >= 0.3 is 6.01 Å². The topological polar surface area (TPSA) is 59.9 Å². The Morgan fingerprint density at radius 1 is 1.00 bits per heavy atom. The SMILES string of the molecule is C=C1Cc2nc(-c3cnc(Oc4ccccc4)nc3)ccc2N1. The van der Waals surface area contributed by atoms with Crippen LogP contribution in [-0.2, 0) is 6.42 Å². The second-order valence-electron chi connectivity index (χ2n) is 5.27. The second kappa shape index (κ2) is 5.53. The van der Waals surface area contributed by atoms with Gasteiger partial charge in [0.15, 0.2) is 0 Å². The normalized spacial score (nSPS) is 12.6. The maximum atomic E-state index is 5.59. The van der Waals surface area contributed by atoms with Crippen LogP contribution in [0.1, 0.15) is 5.69 Å². The quantitative estimate of drug-likeness (QED) is 0.797. The van der Waals surface area contributed by atoms with E-state index in [4.69, 9.17) is 4.74 Å². The number of fused-ring (bicyclic) bond motifs is 1. The zero-order valence-electron chi connectivity index (χ0n) is 12.4. The molecule has 0 unspecified atom stereocenters. The van der Waals surface area contributed by atoms with Crippen molar-refractivity contribution >= 4 is 5.69 Å². The van der Waals surface area contributed by atoms with Gasteiger partial charge in [-0.2, -0.15) is 0 Å². The number of hydrogen-bond acceptors (Lipinski definition) is 5. The van der Waals surface area contributed by atoms with Crippen molar-refractivity contribution in [3.8, 4) is 23.0 Å². The van der Waals surface area contributed by atoms with Crippen LogP contribution < -0.4 is 10.1 Å². The minimum absolute atomic E-state index is 0.316. The lowest BCUT2D eigenvalue weighted by molar-refractivity contribution is 0.442. The molecular formula is C18H14N4O. The number of rotatable bonds is 3. The van der Waals surface area contributed by atoms with Crippen molar-refractivity contribution in [1.29, 1.82) is 0 Å². The molecule has 0 fully saturated rings. The summed E-state index contributed by atoms with van der Waals surface area (Å²) >= 11 is 0. The van der Waals surface area contributed by atoms with Gasteiger partial charge in [0.1, 0.15) is 5.75 Å². The summed E-state index contributed by atoms with van der Waals surface area (Å²) in [6.07, 6.45) is 4.19. The Hall–Kier alpha value is -3.21. The maximum Gasteiger partial charge on any atom is 0.321 e. The molecule has 0 spiro atoms. The van der Waals surface area contributed by atoms with Gasteiger partial charge in [-0.05, 0) is 24.3 Å². The van der Waals surface area contributed by atoms with E-state index in [-0.39, 0.29) is 0 Å². The van der Waals surface area contributed by atoms with E-state index in [1.54, 1.807) is 12.4 Å². The Bertz CT molecular complexity index is 860. The summed E-state index contributed by atoms with van der Waals surface area (Å²) in [6.45, 7) is 3.93. The Morgan fingerprint density at radius 2 is 1.78 bits per heavy atom. The van der Waals surface area contributed by atoms with E-state index in [2.05, 4.69) is 26.8 Å². The molecule has 0 amide bonds. The summed E-state index contributed by atoms with van der Waals surface area (Å²) in [6, 6.07) is 13.7. The van der Waals surface area contributed by atoms with Crippen LogP contribution in [0.25, 0.3) is 11.3 Å². The first-order valence-corrected chi connectivity index (χ1v) is 7.28. The molecule has 0 saturated carbocycles. The Kier molecular flexibility index (Phi) is 3.24. The third-order valence-electron chi connectivity index (χ3n) is 3.54. The van der Waals surface area contributed by atoms with Gasteiger partial charge in [-0.25, -0.2) is 9.97 Å². The van der Waals surface area contributed by atoms with Gasteiger partial charge in [0, 0.05) is 30.1 Å². The van der Waals surface area contributed by atoms with Crippen molar-refractivity contribution in [3.63, 3.8) is 0 Å². The third kappa shape index (κ3) is 2.76. The number of nitrogens with one attached hydrogen (secondary N) is 1. The van der Waals surface area contributed by atoms with Crippen LogP contribution >= 0.6 is 0 Å². The highest BCUT2D eigenvalue weighted by Gasteiger charge is 2.15. The number of anilines is 1. The first-order valence-electron chi connectivity index (χ1n) is 7.28. The maximum absolute atomic E-state index is 5.59. The molecule has 3 heterocycles. The lowest BCUT2D eigenvalue weighted by Gasteiger charge is -2.05. The van der Waals surface area contributed by atoms with E-state index in [1.807, 2.05) is 42.5 Å². The van der Waals surface area contributed by atoms with Crippen molar-refractivity contribution in [3.05, 3.63) is 72.8 Å². The third-order valence-corrected chi connectivity index (χ3v) is 3.54. The molecule has 0 aliphatic carbocycles. The number of hydrogen-bond donors (Lipinski definition) is 1. The highest BCUT2D eigenvalue weighted by molar-refractivity contribution is 5.65. The van der Waals surface area contributed by atoms with Crippen LogP contribution in [0.2, 0.25) is 0 Å². The van der Waals surface area contributed by atoms with Gasteiger partial charge in [0.2, 0.25) is 0 Å². The number of allylic oxidation sites excluding steroid dienone is 1. The standard InChI is InChI=1S/C18H14N4O/c1-12-9-17-16(21-12)8-7-15(22-17)13-10-19-18(20-11-13)23-14-5-3-2-4-6-14/h2-8,10-11,21H,1,9H2. The molecule has 0 radical (unpaired) electrons. The summed E-state index contributed by atoms with van der Waals surface area (Å²) < 4.78 is 5.59. The number of ether oxygens (including phenoxy) is 1. The highest BCUT2D eigenvalue weighted by Crippen LogP contribution is 2.28. The summed E-state index contributed by atoms with van der Waals surface area (Å²) in [5.41, 5.74) is 4.67. The van der Waals surface area contributed by atoms with Crippen LogP contribution in [-0.4, -0.2) is 15.0 Å². The summed E-state index contributed by atoms with van der Waals surface area (Å²) in [5.74, 6) is 0.709. The number of benzene rings is 1. The molecule has 1 aliphatic heterocycles. The molecule has 0 atom stereocenters. The highest BCUT2D eigenvalue weighted by atomic mass is 16.5. The van der Waals surface area contributed by atoms with Gasteiger partial charge in [-0.1, -0.05) is 24.8 Å². The molecule has 1 aromatic carbocycles. The summed E-state index contributed by atoms with van der Waals surface area (Å²) in [7, 11) is 0. The van der Waals surface area contributed by atoms with E-state index in [0.29, 0.717) is 11.8 Å². The van der Waals surface area contributed by atoms with Crippen molar-refractivity contribution in [2.45, 2.75) is 6.42 Å². The van der Waals surface area contributed by atoms with Crippen molar-refractivity contribution in [1.82, 2.24) is 15.0 Å². The minimum Gasteiger partial charge on any atom is -0.424 e. The molecular weight excluding hydrogens is 288 g/mol. The fourth-order valence-corrected chi connectivity index (χ4v) is 2.44. The lowest BCUT2D eigenvalue weighted by Crippen LogP contribution is -1.94. The zero-order chi connectivity index (χ0) is 15.6. The van der Waals surface area contributed by atoms with E-state index in [0.717, 1.165) is 34.8 Å². The lowest BCUT2D eigenvalue weighted by atomic mass is 10.2. The molecule has 2 aromatic heterocycles. The van der Waals surface area contributed by atoms with E-state index >= 15 is 0 Å². The Labute approximate surface area is 133 Å². The zero-order valence-corrected chi connectivity index (χ0v) is 12.4. The molecule has 5 heteroatoms. The Balaban J connectivity index is 1.57. The average molecular weight is 302 g/mol.